The van der Waals surface area contributed by atoms with Crippen LogP contribution < -0.4 is 5.32 Å². The van der Waals surface area contributed by atoms with E-state index in [0.29, 0.717) is 41.3 Å². The molecule has 0 heterocycles. The smallest absolute Gasteiger partial charge is 0.133 e. The van der Waals surface area contributed by atoms with E-state index in [-0.39, 0.29) is 5.56 Å². The first-order chi connectivity index (χ1) is 13.5. The molecule has 2 aromatic rings. The van der Waals surface area contributed by atoms with Crippen LogP contribution in [0.1, 0.15) is 43.4 Å². The zero-order valence-electron chi connectivity index (χ0n) is 17.1. The molecule has 0 amide bonds. The summed E-state index contributed by atoms with van der Waals surface area (Å²) in [5.41, 5.74) is -0.653. The summed E-state index contributed by atoms with van der Waals surface area (Å²) in [6, 6.07) is 7.59. The number of hydrogen-bond donors (Lipinski definition) is 1. The first-order valence-corrected chi connectivity index (χ1v) is 9.26. The third-order valence-electron chi connectivity index (χ3n) is 4.81. The van der Waals surface area contributed by atoms with Crippen molar-refractivity contribution in [2.45, 2.75) is 32.4 Å². The number of likely N-dealkylation sites (N-methyl/N-ethyl adjacent to an activating group) is 1. The zero-order valence-corrected chi connectivity index (χ0v) is 17.1. The van der Waals surface area contributed by atoms with Gasteiger partial charge in [-0.1, -0.05) is 37.4 Å². The molecule has 0 spiro atoms. The fraction of sp³-hybridized carbons (Fsp3) is 0.304. The Labute approximate surface area is 169 Å². The van der Waals surface area contributed by atoms with Gasteiger partial charge in [-0.2, -0.15) is 0 Å². The third-order valence-corrected chi connectivity index (χ3v) is 4.81. The molecule has 0 saturated carbocycles. The zero-order chi connectivity index (χ0) is 21.9. The van der Waals surface area contributed by atoms with Crippen LogP contribution in [0, 0.1) is 17.5 Å². The fourth-order valence-electron chi connectivity index (χ4n) is 3.12. The van der Waals surface area contributed by atoms with E-state index in [4.69, 9.17) is 0 Å². The van der Waals surface area contributed by atoms with Gasteiger partial charge in [-0.05, 0) is 31.9 Å². The first-order valence-electron chi connectivity index (χ1n) is 9.26. The molecule has 0 aromatic heterocycles. The Morgan fingerprint density at radius 3 is 2.03 bits per heavy atom. The first kappa shape index (κ1) is 22.5. The highest BCUT2D eigenvalue weighted by Gasteiger charge is 2.29. The average Bonchev–Trinajstić information content (AvgIpc) is 2.63. The normalized spacial score (nSPS) is 12.4. The van der Waals surface area contributed by atoms with E-state index in [2.05, 4.69) is 18.5 Å². The van der Waals surface area contributed by atoms with Gasteiger partial charge >= 0.3 is 0 Å². The van der Waals surface area contributed by atoms with Crippen molar-refractivity contribution in [2.24, 2.45) is 0 Å². The second-order valence-corrected chi connectivity index (χ2v) is 7.34. The Bertz CT molecular complexity index is 875. The summed E-state index contributed by atoms with van der Waals surface area (Å²) in [4.78, 5) is 1.59. The standard InChI is InChI=1S/C23H26F4N2/c1-7-28-15(3)29(6)14(2)21(22-19(25)12-18(24)13-20(22)26)16-8-10-17(11-9-16)23(4,5)27/h8-13,21,28H,2-3,7H2,1,4-6H3/t21-/m1/s1. The SMILES string of the molecule is C=C(NCC)N(C)C(=C)[C@H](c1ccc(C(C)(C)F)cc1)c1c(F)cc(F)cc1F. The highest BCUT2D eigenvalue weighted by molar-refractivity contribution is 5.43. The maximum atomic E-state index is 14.7. The van der Waals surface area contributed by atoms with E-state index < -0.39 is 29.0 Å². The van der Waals surface area contributed by atoms with E-state index in [0.717, 1.165) is 0 Å². The molecule has 0 saturated heterocycles. The minimum Gasteiger partial charge on any atom is -0.372 e. The van der Waals surface area contributed by atoms with Crippen LogP contribution in [-0.2, 0) is 5.67 Å². The molecule has 2 rings (SSSR count). The fourth-order valence-corrected chi connectivity index (χ4v) is 3.12. The number of alkyl halides is 1. The van der Waals surface area contributed by atoms with Gasteiger partial charge in [0.1, 0.15) is 23.1 Å². The molecule has 0 aliphatic rings. The van der Waals surface area contributed by atoms with Gasteiger partial charge in [-0.3, -0.25) is 0 Å². The Balaban J connectivity index is 2.61. The maximum absolute atomic E-state index is 14.7. The predicted octanol–water partition coefficient (Wildman–Crippen LogP) is 5.97. The molecule has 2 aromatic carbocycles. The van der Waals surface area contributed by atoms with Crippen molar-refractivity contribution >= 4 is 0 Å². The molecular weight excluding hydrogens is 380 g/mol. The van der Waals surface area contributed by atoms with E-state index in [1.165, 1.54) is 13.8 Å². The van der Waals surface area contributed by atoms with Crippen molar-refractivity contribution in [1.82, 2.24) is 10.2 Å². The molecule has 0 aliphatic heterocycles. The van der Waals surface area contributed by atoms with E-state index in [1.54, 1.807) is 36.2 Å². The summed E-state index contributed by atoms with van der Waals surface area (Å²) in [6.45, 7) is 13.2. The van der Waals surface area contributed by atoms with Crippen molar-refractivity contribution in [2.75, 3.05) is 13.6 Å². The van der Waals surface area contributed by atoms with E-state index in [9.17, 15) is 17.6 Å². The van der Waals surface area contributed by atoms with E-state index in [1.807, 2.05) is 6.92 Å². The van der Waals surface area contributed by atoms with Gasteiger partial charge in [-0.25, -0.2) is 17.6 Å². The molecule has 1 atom stereocenters. The summed E-state index contributed by atoms with van der Waals surface area (Å²) < 4.78 is 57.0. The average molecular weight is 406 g/mol. The number of nitrogens with one attached hydrogen (secondary N) is 1. The lowest BCUT2D eigenvalue weighted by Crippen LogP contribution is -2.30. The molecule has 0 aliphatic carbocycles. The van der Waals surface area contributed by atoms with Gasteiger partial charge in [0, 0.05) is 37.0 Å². The topological polar surface area (TPSA) is 15.3 Å². The number of rotatable bonds is 8. The van der Waals surface area contributed by atoms with Crippen molar-refractivity contribution in [1.29, 1.82) is 0 Å². The number of hydrogen-bond acceptors (Lipinski definition) is 2. The molecule has 1 N–H and O–H groups in total. The molecule has 0 unspecified atom stereocenters. The van der Waals surface area contributed by atoms with Gasteiger partial charge < -0.3 is 10.2 Å². The lowest BCUT2D eigenvalue weighted by atomic mass is 9.86. The van der Waals surface area contributed by atoms with Gasteiger partial charge in [0.15, 0.2) is 0 Å². The monoisotopic (exact) mass is 406 g/mol. The quantitative estimate of drug-likeness (QED) is 0.544. The third kappa shape index (κ3) is 5.00. The van der Waals surface area contributed by atoms with Crippen LogP contribution in [0.3, 0.4) is 0 Å². The predicted molar refractivity (Wildman–Crippen MR) is 108 cm³/mol. The van der Waals surface area contributed by atoms with Crippen LogP contribution in [0.4, 0.5) is 17.6 Å². The van der Waals surface area contributed by atoms with Gasteiger partial charge in [-0.15, -0.1) is 0 Å². The van der Waals surface area contributed by atoms with Crippen LogP contribution in [0.15, 0.2) is 61.1 Å². The summed E-state index contributed by atoms with van der Waals surface area (Å²) in [6.07, 6.45) is 0. The van der Waals surface area contributed by atoms with Crippen molar-refractivity contribution in [3.05, 3.63) is 95.2 Å². The maximum Gasteiger partial charge on any atom is 0.133 e. The lowest BCUT2D eigenvalue weighted by molar-refractivity contribution is 0.221. The second-order valence-electron chi connectivity index (χ2n) is 7.34. The van der Waals surface area contributed by atoms with Crippen molar-refractivity contribution < 1.29 is 17.6 Å². The molecule has 156 valence electrons. The van der Waals surface area contributed by atoms with Gasteiger partial charge in [0.05, 0.1) is 11.7 Å². The summed E-state index contributed by atoms with van der Waals surface area (Å²) in [5, 5.41) is 3.02. The second kappa shape index (κ2) is 8.72. The summed E-state index contributed by atoms with van der Waals surface area (Å²) in [5.74, 6) is -3.52. The molecule has 0 fully saturated rings. The number of allylic oxidation sites excluding steroid dienone is 1. The van der Waals surface area contributed by atoms with Crippen LogP contribution in [0.25, 0.3) is 0 Å². The van der Waals surface area contributed by atoms with Gasteiger partial charge in [0.25, 0.3) is 0 Å². The molecule has 0 bridgehead atoms. The lowest BCUT2D eigenvalue weighted by Gasteiger charge is -2.31. The summed E-state index contributed by atoms with van der Waals surface area (Å²) in [7, 11) is 1.67. The largest absolute Gasteiger partial charge is 0.372 e. The highest BCUT2D eigenvalue weighted by atomic mass is 19.2. The van der Waals surface area contributed by atoms with Crippen LogP contribution in [0.2, 0.25) is 0 Å². The molecular formula is C23H26F4N2. The molecule has 2 nitrogen and oxygen atoms in total. The number of halogens is 4. The summed E-state index contributed by atoms with van der Waals surface area (Å²) >= 11 is 0. The minimum absolute atomic E-state index is 0.326. The van der Waals surface area contributed by atoms with E-state index >= 15 is 0 Å². The minimum atomic E-state index is -1.56. The Hall–Kier alpha value is -2.76. The molecule has 0 radical (unpaired) electrons. The van der Waals surface area contributed by atoms with Crippen molar-refractivity contribution in [3.8, 4) is 0 Å². The van der Waals surface area contributed by atoms with Gasteiger partial charge in [0.2, 0.25) is 0 Å². The Morgan fingerprint density at radius 1 is 1.07 bits per heavy atom. The molecule has 6 heteroatoms. The van der Waals surface area contributed by atoms with Crippen LogP contribution >= 0.6 is 0 Å². The Morgan fingerprint density at radius 2 is 1.59 bits per heavy atom. The Kier molecular flexibility index (Phi) is 6.77. The van der Waals surface area contributed by atoms with Crippen molar-refractivity contribution in [3.63, 3.8) is 0 Å². The molecule has 29 heavy (non-hydrogen) atoms. The van der Waals surface area contributed by atoms with Crippen LogP contribution in [-0.4, -0.2) is 18.5 Å². The highest BCUT2D eigenvalue weighted by Crippen LogP contribution is 2.37. The number of nitrogens with zero attached hydrogens (tertiary/aromatic N) is 1. The van der Waals surface area contributed by atoms with Crippen LogP contribution in [0.5, 0.6) is 0 Å². The number of benzene rings is 2.